The third kappa shape index (κ3) is 2.64. The molecule has 2 aromatic heterocycles. The molecule has 0 radical (unpaired) electrons. The number of carboxylic acid groups (broad SMARTS) is 1. The Balaban J connectivity index is 1.96. The molecule has 0 aliphatic carbocycles. The molecule has 0 atom stereocenters. The SMILES string of the molecule is O=C(O)c1ccc(SCc2cccs2)o1. The lowest BCUT2D eigenvalue weighted by Gasteiger charge is -1.93. The van der Waals surface area contributed by atoms with Gasteiger partial charge >= 0.3 is 5.97 Å². The maximum Gasteiger partial charge on any atom is 0.371 e. The van der Waals surface area contributed by atoms with Gasteiger partial charge in [-0.3, -0.25) is 0 Å². The molecule has 78 valence electrons. The zero-order chi connectivity index (χ0) is 10.7. The molecular weight excluding hydrogens is 232 g/mol. The number of rotatable bonds is 4. The lowest BCUT2D eigenvalue weighted by atomic mass is 10.5. The monoisotopic (exact) mass is 240 g/mol. The van der Waals surface area contributed by atoms with E-state index in [4.69, 9.17) is 9.52 Å². The average molecular weight is 240 g/mol. The van der Waals surface area contributed by atoms with Crippen molar-refractivity contribution in [2.24, 2.45) is 0 Å². The van der Waals surface area contributed by atoms with Gasteiger partial charge in [0.15, 0.2) is 5.09 Å². The van der Waals surface area contributed by atoms with Gasteiger partial charge in [0.25, 0.3) is 0 Å². The highest BCUT2D eigenvalue weighted by atomic mass is 32.2. The second-order valence-corrected chi connectivity index (χ2v) is 4.80. The minimum atomic E-state index is -1.03. The predicted molar refractivity (Wildman–Crippen MR) is 59.5 cm³/mol. The molecule has 0 unspecified atom stereocenters. The van der Waals surface area contributed by atoms with Crippen LogP contribution in [0.2, 0.25) is 0 Å². The van der Waals surface area contributed by atoms with Gasteiger partial charge in [0.2, 0.25) is 5.76 Å². The van der Waals surface area contributed by atoms with E-state index in [0.717, 1.165) is 5.75 Å². The first-order chi connectivity index (χ1) is 7.25. The quantitative estimate of drug-likeness (QED) is 0.833. The minimum absolute atomic E-state index is 0.0105. The lowest BCUT2D eigenvalue weighted by molar-refractivity contribution is 0.0656. The van der Waals surface area contributed by atoms with Crippen LogP contribution in [-0.4, -0.2) is 11.1 Å². The highest BCUT2D eigenvalue weighted by Crippen LogP contribution is 2.26. The number of thioether (sulfide) groups is 1. The average Bonchev–Trinajstić information content (AvgIpc) is 2.86. The summed E-state index contributed by atoms with van der Waals surface area (Å²) in [4.78, 5) is 11.8. The first-order valence-electron chi connectivity index (χ1n) is 4.24. The van der Waals surface area contributed by atoms with Crippen molar-refractivity contribution in [3.05, 3.63) is 40.3 Å². The van der Waals surface area contributed by atoms with Crippen LogP contribution < -0.4 is 0 Å². The molecule has 0 fully saturated rings. The van der Waals surface area contributed by atoms with E-state index >= 15 is 0 Å². The van der Waals surface area contributed by atoms with Gasteiger partial charge in [-0.25, -0.2) is 4.79 Å². The van der Waals surface area contributed by atoms with Gasteiger partial charge in [0.1, 0.15) is 0 Å². The van der Waals surface area contributed by atoms with Gasteiger partial charge < -0.3 is 9.52 Å². The summed E-state index contributed by atoms with van der Waals surface area (Å²) in [5.41, 5.74) is 0. The van der Waals surface area contributed by atoms with Gasteiger partial charge in [-0.15, -0.1) is 11.3 Å². The number of furan rings is 1. The van der Waals surface area contributed by atoms with Crippen molar-refractivity contribution in [1.29, 1.82) is 0 Å². The Bertz CT molecular complexity index is 445. The summed E-state index contributed by atoms with van der Waals surface area (Å²) in [5, 5.41) is 11.3. The van der Waals surface area contributed by atoms with Crippen LogP contribution in [-0.2, 0) is 5.75 Å². The smallest absolute Gasteiger partial charge is 0.371 e. The summed E-state index contributed by atoms with van der Waals surface area (Å²) in [6.07, 6.45) is 0. The molecule has 1 N–H and O–H groups in total. The molecular formula is C10H8O3S2. The molecule has 0 spiro atoms. The Morgan fingerprint density at radius 3 is 2.93 bits per heavy atom. The molecule has 2 rings (SSSR count). The molecule has 0 saturated carbocycles. The Kier molecular flexibility index (Phi) is 3.13. The number of carbonyl (C=O) groups is 1. The van der Waals surface area contributed by atoms with E-state index in [1.165, 1.54) is 22.7 Å². The van der Waals surface area contributed by atoms with Gasteiger partial charge in [-0.2, -0.15) is 0 Å². The second kappa shape index (κ2) is 4.55. The fraction of sp³-hybridized carbons (Fsp3) is 0.100. The summed E-state index contributed by atoms with van der Waals surface area (Å²) in [5.74, 6) is -0.230. The number of aromatic carboxylic acids is 1. The number of carboxylic acids is 1. The Labute approximate surface area is 94.7 Å². The van der Waals surface area contributed by atoms with Crippen LogP contribution in [0.15, 0.2) is 39.2 Å². The highest BCUT2D eigenvalue weighted by Gasteiger charge is 2.09. The molecule has 0 aliphatic rings. The molecule has 2 aromatic rings. The first-order valence-corrected chi connectivity index (χ1v) is 6.10. The van der Waals surface area contributed by atoms with E-state index in [1.54, 1.807) is 17.4 Å². The largest absolute Gasteiger partial charge is 0.475 e. The van der Waals surface area contributed by atoms with Crippen molar-refractivity contribution in [2.75, 3.05) is 0 Å². The Morgan fingerprint density at radius 1 is 1.47 bits per heavy atom. The lowest BCUT2D eigenvalue weighted by Crippen LogP contribution is -1.91. The fourth-order valence-electron chi connectivity index (χ4n) is 1.05. The van der Waals surface area contributed by atoms with Crippen molar-refractivity contribution in [3.63, 3.8) is 0 Å². The molecule has 0 aromatic carbocycles. The third-order valence-electron chi connectivity index (χ3n) is 1.73. The van der Waals surface area contributed by atoms with Crippen molar-refractivity contribution in [1.82, 2.24) is 0 Å². The summed E-state index contributed by atoms with van der Waals surface area (Å²) >= 11 is 3.17. The van der Waals surface area contributed by atoms with Gasteiger partial charge in [0, 0.05) is 10.6 Å². The Hall–Kier alpha value is -1.20. The maximum absolute atomic E-state index is 10.5. The molecule has 15 heavy (non-hydrogen) atoms. The van der Waals surface area contributed by atoms with Crippen molar-refractivity contribution in [2.45, 2.75) is 10.8 Å². The third-order valence-corrected chi connectivity index (χ3v) is 3.75. The molecule has 0 saturated heterocycles. The summed E-state index contributed by atoms with van der Waals surface area (Å²) < 4.78 is 5.11. The predicted octanol–water partition coefficient (Wildman–Crippen LogP) is 3.33. The molecule has 0 aliphatic heterocycles. The van der Waals surface area contributed by atoms with Crippen LogP contribution in [0.5, 0.6) is 0 Å². The molecule has 2 heterocycles. The topological polar surface area (TPSA) is 50.4 Å². The first kappa shape index (κ1) is 10.3. The van der Waals surface area contributed by atoms with E-state index in [2.05, 4.69) is 0 Å². The van der Waals surface area contributed by atoms with Crippen molar-refractivity contribution >= 4 is 29.1 Å². The zero-order valence-corrected chi connectivity index (χ0v) is 9.31. The molecule has 0 bridgehead atoms. The Morgan fingerprint density at radius 2 is 2.33 bits per heavy atom. The van der Waals surface area contributed by atoms with Crippen LogP contribution in [0.4, 0.5) is 0 Å². The maximum atomic E-state index is 10.5. The van der Waals surface area contributed by atoms with Crippen LogP contribution in [0, 0.1) is 0 Å². The summed E-state index contributed by atoms with van der Waals surface area (Å²) in [7, 11) is 0. The second-order valence-electron chi connectivity index (χ2n) is 2.79. The van der Waals surface area contributed by atoms with E-state index < -0.39 is 5.97 Å². The van der Waals surface area contributed by atoms with Crippen LogP contribution >= 0.6 is 23.1 Å². The van der Waals surface area contributed by atoms with Crippen LogP contribution in [0.1, 0.15) is 15.4 Å². The summed E-state index contributed by atoms with van der Waals surface area (Å²) in [6.45, 7) is 0. The number of hydrogen-bond donors (Lipinski definition) is 1. The minimum Gasteiger partial charge on any atom is -0.475 e. The van der Waals surface area contributed by atoms with Gasteiger partial charge in [0.05, 0.1) is 0 Å². The van der Waals surface area contributed by atoms with E-state index in [0.29, 0.717) is 5.09 Å². The van der Waals surface area contributed by atoms with Crippen molar-refractivity contribution in [3.8, 4) is 0 Å². The standard InChI is InChI=1S/C10H8O3S2/c11-10(12)8-3-4-9(13-8)15-6-7-2-1-5-14-7/h1-5H,6H2,(H,11,12). The van der Waals surface area contributed by atoms with E-state index in [-0.39, 0.29) is 5.76 Å². The highest BCUT2D eigenvalue weighted by molar-refractivity contribution is 7.98. The van der Waals surface area contributed by atoms with E-state index in [9.17, 15) is 4.79 Å². The normalized spacial score (nSPS) is 10.4. The van der Waals surface area contributed by atoms with Crippen LogP contribution in [0.25, 0.3) is 0 Å². The van der Waals surface area contributed by atoms with Crippen LogP contribution in [0.3, 0.4) is 0 Å². The number of thiophene rings is 1. The summed E-state index contributed by atoms with van der Waals surface area (Å²) in [6, 6.07) is 7.19. The fourth-order valence-corrected chi connectivity index (χ4v) is 2.68. The van der Waals surface area contributed by atoms with E-state index in [1.807, 2.05) is 17.5 Å². The van der Waals surface area contributed by atoms with Gasteiger partial charge in [-0.1, -0.05) is 17.8 Å². The van der Waals surface area contributed by atoms with Gasteiger partial charge in [-0.05, 0) is 23.6 Å². The van der Waals surface area contributed by atoms with Crippen molar-refractivity contribution < 1.29 is 14.3 Å². The molecule has 3 nitrogen and oxygen atoms in total. The molecule has 0 amide bonds. The number of hydrogen-bond acceptors (Lipinski definition) is 4. The zero-order valence-electron chi connectivity index (χ0n) is 7.67. The molecule has 5 heteroatoms.